The van der Waals surface area contributed by atoms with Gasteiger partial charge in [0, 0.05) is 24.9 Å². The van der Waals surface area contributed by atoms with Crippen molar-refractivity contribution in [3.8, 4) is 11.4 Å². The maximum atomic E-state index is 12.7. The van der Waals surface area contributed by atoms with E-state index in [1.54, 1.807) is 0 Å². The lowest BCUT2D eigenvalue weighted by Crippen LogP contribution is -2.24. The molecule has 1 amide bonds. The standard InChI is InChI=1S/C17H20F3N3O2/c1-2-3-4-10-21-14(24)8-9-15-22-16(23-25-15)12-6-5-7-13(11-12)17(18,19)20/h5-7,11H,2-4,8-10H2,1H3,(H,21,24). The van der Waals surface area contributed by atoms with E-state index in [1.807, 2.05) is 0 Å². The van der Waals surface area contributed by atoms with Gasteiger partial charge in [0.15, 0.2) is 0 Å². The molecule has 0 unspecified atom stereocenters. The summed E-state index contributed by atoms with van der Waals surface area (Å²) in [6, 6.07) is 4.71. The number of carbonyl (C=O) groups is 1. The van der Waals surface area contributed by atoms with Crippen molar-refractivity contribution in [3.63, 3.8) is 0 Å². The third-order valence-electron chi connectivity index (χ3n) is 3.58. The van der Waals surface area contributed by atoms with Crippen LogP contribution >= 0.6 is 0 Å². The maximum Gasteiger partial charge on any atom is 0.416 e. The van der Waals surface area contributed by atoms with Crippen molar-refractivity contribution < 1.29 is 22.5 Å². The van der Waals surface area contributed by atoms with Crippen molar-refractivity contribution >= 4 is 5.91 Å². The Kier molecular flexibility index (Phi) is 6.55. The van der Waals surface area contributed by atoms with Gasteiger partial charge < -0.3 is 9.84 Å². The zero-order valence-corrected chi connectivity index (χ0v) is 13.9. The Labute approximate surface area is 143 Å². The molecule has 1 aromatic carbocycles. The van der Waals surface area contributed by atoms with Crippen LogP contribution in [-0.4, -0.2) is 22.6 Å². The zero-order valence-electron chi connectivity index (χ0n) is 13.9. The first-order chi connectivity index (χ1) is 11.9. The van der Waals surface area contributed by atoms with Gasteiger partial charge in [0.25, 0.3) is 0 Å². The molecule has 25 heavy (non-hydrogen) atoms. The van der Waals surface area contributed by atoms with Crippen LogP contribution in [0.2, 0.25) is 0 Å². The monoisotopic (exact) mass is 355 g/mol. The summed E-state index contributed by atoms with van der Waals surface area (Å²) in [6.07, 6.45) is -0.927. The highest BCUT2D eigenvalue weighted by atomic mass is 19.4. The molecule has 1 N–H and O–H groups in total. The molecule has 5 nitrogen and oxygen atoms in total. The number of nitrogens with one attached hydrogen (secondary N) is 1. The lowest BCUT2D eigenvalue weighted by atomic mass is 10.1. The minimum Gasteiger partial charge on any atom is -0.356 e. The van der Waals surface area contributed by atoms with Gasteiger partial charge in [-0.05, 0) is 18.6 Å². The number of halogens is 3. The van der Waals surface area contributed by atoms with Crippen molar-refractivity contribution in [2.24, 2.45) is 0 Å². The molecule has 0 radical (unpaired) electrons. The fraction of sp³-hybridized carbons (Fsp3) is 0.471. The highest BCUT2D eigenvalue weighted by Gasteiger charge is 2.30. The van der Waals surface area contributed by atoms with Crippen LogP contribution in [0.4, 0.5) is 13.2 Å². The van der Waals surface area contributed by atoms with Crippen LogP contribution in [0.25, 0.3) is 11.4 Å². The molecule has 1 aromatic heterocycles. The fourth-order valence-electron chi connectivity index (χ4n) is 2.22. The summed E-state index contributed by atoms with van der Waals surface area (Å²) in [7, 11) is 0. The fourth-order valence-corrected chi connectivity index (χ4v) is 2.22. The summed E-state index contributed by atoms with van der Waals surface area (Å²) in [4.78, 5) is 15.7. The van der Waals surface area contributed by atoms with E-state index in [1.165, 1.54) is 12.1 Å². The molecule has 0 spiro atoms. The Balaban J connectivity index is 1.91. The third kappa shape index (κ3) is 5.88. The summed E-state index contributed by atoms with van der Waals surface area (Å²) in [6.45, 7) is 2.71. The van der Waals surface area contributed by atoms with E-state index in [0.717, 1.165) is 31.4 Å². The van der Waals surface area contributed by atoms with E-state index in [9.17, 15) is 18.0 Å². The highest BCUT2D eigenvalue weighted by Crippen LogP contribution is 2.31. The number of alkyl halides is 3. The molecule has 2 rings (SSSR count). The smallest absolute Gasteiger partial charge is 0.356 e. The normalized spacial score (nSPS) is 11.5. The quantitative estimate of drug-likeness (QED) is 0.727. The van der Waals surface area contributed by atoms with E-state index in [-0.39, 0.29) is 36.0 Å². The molecule has 1 heterocycles. The highest BCUT2D eigenvalue weighted by molar-refractivity contribution is 5.75. The van der Waals surface area contributed by atoms with E-state index in [2.05, 4.69) is 22.4 Å². The number of hydrogen-bond acceptors (Lipinski definition) is 4. The third-order valence-corrected chi connectivity index (χ3v) is 3.58. The minimum absolute atomic E-state index is 0.0736. The van der Waals surface area contributed by atoms with Gasteiger partial charge in [-0.25, -0.2) is 0 Å². The Hall–Kier alpha value is -2.38. The second-order valence-corrected chi connectivity index (χ2v) is 5.65. The lowest BCUT2D eigenvalue weighted by molar-refractivity contribution is -0.137. The molecule has 0 saturated heterocycles. The van der Waals surface area contributed by atoms with Crippen LogP contribution < -0.4 is 5.32 Å². The predicted octanol–water partition coefficient (Wildman–Crippen LogP) is 3.99. The van der Waals surface area contributed by atoms with Crippen LogP contribution in [0.5, 0.6) is 0 Å². The Morgan fingerprint density at radius 3 is 2.80 bits per heavy atom. The number of nitrogens with zero attached hydrogens (tertiary/aromatic N) is 2. The molecule has 0 fully saturated rings. The topological polar surface area (TPSA) is 68.0 Å². The molecular weight excluding hydrogens is 335 g/mol. The summed E-state index contributed by atoms with van der Waals surface area (Å²) in [5.41, 5.74) is -0.559. The van der Waals surface area contributed by atoms with Crippen LogP contribution in [-0.2, 0) is 17.4 Å². The van der Waals surface area contributed by atoms with E-state index in [4.69, 9.17) is 4.52 Å². The molecule has 136 valence electrons. The van der Waals surface area contributed by atoms with Crippen LogP contribution in [0.1, 0.15) is 44.1 Å². The van der Waals surface area contributed by atoms with Crippen molar-refractivity contribution in [1.29, 1.82) is 0 Å². The summed E-state index contributed by atoms with van der Waals surface area (Å²) < 4.78 is 43.2. The van der Waals surface area contributed by atoms with Gasteiger partial charge >= 0.3 is 6.18 Å². The van der Waals surface area contributed by atoms with Crippen molar-refractivity contribution in [3.05, 3.63) is 35.7 Å². The SMILES string of the molecule is CCCCCNC(=O)CCc1nc(-c2cccc(C(F)(F)F)c2)no1. The molecule has 0 atom stereocenters. The second-order valence-electron chi connectivity index (χ2n) is 5.65. The first-order valence-corrected chi connectivity index (χ1v) is 8.17. The lowest BCUT2D eigenvalue weighted by Gasteiger charge is -2.06. The first-order valence-electron chi connectivity index (χ1n) is 8.17. The van der Waals surface area contributed by atoms with Crippen molar-refractivity contribution in [2.45, 2.75) is 45.2 Å². The molecule has 0 saturated carbocycles. The maximum absolute atomic E-state index is 12.7. The van der Waals surface area contributed by atoms with E-state index in [0.29, 0.717) is 6.54 Å². The van der Waals surface area contributed by atoms with E-state index >= 15 is 0 Å². The predicted molar refractivity (Wildman–Crippen MR) is 85.6 cm³/mol. The largest absolute Gasteiger partial charge is 0.416 e. The average Bonchev–Trinajstić information content (AvgIpc) is 3.05. The molecule has 8 heteroatoms. The zero-order chi connectivity index (χ0) is 18.3. The molecule has 2 aromatic rings. The van der Waals surface area contributed by atoms with Gasteiger partial charge in [0.2, 0.25) is 17.6 Å². The van der Waals surface area contributed by atoms with Crippen LogP contribution in [0.3, 0.4) is 0 Å². The van der Waals surface area contributed by atoms with Crippen LogP contribution in [0.15, 0.2) is 28.8 Å². The van der Waals surface area contributed by atoms with Gasteiger partial charge in [-0.3, -0.25) is 4.79 Å². The number of amides is 1. The molecule has 0 aliphatic heterocycles. The Morgan fingerprint density at radius 1 is 1.28 bits per heavy atom. The molecular formula is C17H20F3N3O2. The van der Waals surface area contributed by atoms with E-state index < -0.39 is 11.7 Å². The van der Waals surface area contributed by atoms with Crippen molar-refractivity contribution in [1.82, 2.24) is 15.5 Å². The van der Waals surface area contributed by atoms with Gasteiger partial charge in [-0.1, -0.05) is 37.1 Å². The minimum atomic E-state index is -4.43. The number of benzene rings is 1. The van der Waals surface area contributed by atoms with Crippen LogP contribution in [0, 0.1) is 0 Å². The Morgan fingerprint density at radius 2 is 2.08 bits per heavy atom. The Bertz CT molecular complexity index is 698. The van der Waals surface area contributed by atoms with Gasteiger partial charge in [0.1, 0.15) is 0 Å². The molecule has 0 bridgehead atoms. The number of rotatable bonds is 8. The van der Waals surface area contributed by atoms with Gasteiger partial charge in [0.05, 0.1) is 5.56 Å². The number of aryl methyl sites for hydroxylation is 1. The average molecular weight is 355 g/mol. The summed E-state index contributed by atoms with van der Waals surface area (Å²) in [5, 5.41) is 6.49. The summed E-state index contributed by atoms with van der Waals surface area (Å²) in [5.74, 6) is 0.176. The number of carbonyl (C=O) groups excluding carboxylic acids is 1. The number of unbranched alkanes of at least 4 members (excludes halogenated alkanes) is 2. The summed E-state index contributed by atoms with van der Waals surface area (Å²) >= 11 is 0. The van der Waals surface area contributed by atoms with Gasteiger partial charge in [-0.15, -0.1) is 0 Å². The van der Waals surface area contributed by atoms with Gasteiger partial charge in [-0.2, -0.15) is 18.2 Å². The molecule has 0 aliphatic carbocycles. The number of hydrogen-bond donors (Lipinski definition) is 1. The first kappa shape index (κ1) is 19.0. The molecule has 0 aliphatic rings. The van der Waals surface area contributed by atoms with Crippen molar-refractivity contribution in [2.75, 3.05) is 6.54 Å². The second kappa shape index (κ2) is 8.64. The number of aromatic nitrogens is 2.